The fraction of sp³-hybridized carbons (Fsp3) is 0.533. The van der Waals surface area contributed by atoms with Gasteiger partial charge in [-0.1, -0.05) is 12.1 Å². The summed E-state index contributed by atoms with van der Waals surface area (Å²) in [6, 6.07) is 5.18. The number of piperazine rings is 1. The van der Waals surface area contributed by atoms with Crippen LogP contribution in [0.2, 0.25) is 0 Å². The summed E-state index contributed by atoms with van der Waals surface area (Å²) in [6.07, 6.45) is 0.171. The lowest BCUT2D eigenvalue weighted by Crippen LogP contribution is -2.46. The van der Waals surface area contributed by atoms with E-state index in [1.165, 1.54) is 7.11 Å². The van der Waals surface area contributed by atoms with Gasteiger partial charge in [-0.2, -0.15) is 0 Å². The van der Waals surface area contributed by atoms with Crippen molar-refractivity contribution in [2.45, 2.75) is 13.0 Å². The van der Waals surface area contributed by atoms with Gasteiger partial charge in [-0.25, -0.2) is 4.39 Å². The average molecular weight is 296 g/mol. The number of carboxylic acid groups (broad SMARTS) is 1. The lowest BCUT2D eigenvalue weighted by atomic mass is 10.1. The highest BCUT2D eigenvalue weighted by Crippen LogP contribution is 2.21. The van der Waals surface area contributed by atoms with Gasteiger partial charge in [0.1, 0.15) is 0 Å². The van der Waals surface area contributed by atoms with Crippen molar-refractivity contribution in [3.8, 4) is 5.75 Å². The molecule has 1 heterocycles. The van der Waals surface area contributed by atoms with Crippen molar-refractivity contribution in [3.05, 3.63) is 29.6 Å². The van der Waals surface area contributed by atoms with Gasteiger partial charge in [0, 0.05) is 44.8 Å². The minimum Gasteiger partial charge on any atom is -0.494 e. The normalized spacial score (nSPS) is 16.9. The number of ether oxygens (including phenoxy) is 1. The van der Waals surface area contributed by atoms with Gasteiger partial charge in [-0.05, 0) is 6.07 Å². The number of halogens is 1. The van der Waals surface area contributed by atoms with E-state index in [9.17, 15) is 9.18 Å². The van der Waals surface area contributed by atoms with Crippen LogP contribution in [0, 0.1) is 5.82 Å². The third-order valence-corrected chi connectivity index (χ3v) is 3.76. The molecule has 0 spiro atoms. The van der Waals surface area contributed by atoms with Crippen LogP contribution in [0.5, 0.6) is 5.75 Å². The molecule has 1 fully saturated rings. The lowest BCUT2D eigenvalue weighted by Gasteiger charge is -2.34. The Morgan fingerprint density at radius 2 is 1.95 bits per heavy atom. The van der Waals surface area contributed by atoms with E-state index in [-0.39, 0.29) is 18.0 Å². The Bertz CT molecular complexity index is 488. The van der Waals surface area contributed by atoms with Gasteiger partial charge in [0.2, 0.25) is 0 Å². The molecule has 1 aromatic rings. The van der Waals surface area contributed by atoms with Gasteiger partial charge in [-0.3, -0.25) is 9.69 Å². The number of rotatable bonds is 6. The molecule has 0 saturated carbocycles. The Balaban J connectivity index is 1.85. The number of hydrogen-bond acceptors (Lipinski definition) is 4. The molecule has 1 saturated heterocycles. The standard InChI is InChI=1S/C15H21FN2O3/c1-21-13-4-2-3-12(15(13)16)11-18-9-7-17(8-10-18)6-5-14(19)20/h2-4H,5-11H2,1H3,(H,19,20). The van der Waals surface area contributed by atoms with E-state index in [0.29, 0.717) is 18.7 Å². The summed E-state index contributed by atoms with van der Waals surface area (Å²) in [5.41, 5.74) is 0.633. The predicted molar refractivity (Wildman–Crippen MR) is 76.9 cm³/mol. The van der Waals surface area contributed by atoms with Crippen molar-refractivity contribution in [2.75, 3.05) is 39.8 Å². The smallest absolute Gasteiger partial charge is 0.304 e. The Labute approximate surface area is 123 Å². The van der Waals surface area contributed by atoms with Crippen LogP contribution < -0.4 is 4.74 Å². The van der Waals surface area contributed by atoms with Crippen LogP contribution in [0.3, 0.4) is 0 Å². The second kappa shape index (κ2) is 7.38. The van der Waals surface area contributed by atoms with Crippen LogP contribution >= 0.6 is 0 Å². The SMILES string of the molecule is COc1cccc(CN2CCN(CCC(=O)O)CC2)c1F. The number of carboxylic acids is 1. The molecule has 1 aromatic carbocycles. The third-order valence-electron chi connectivity index (χ3n) is 3.76. The highest BCUT2D eigenvalue weighted by Gasteiger charge is 2.19. The monoisotopic (exact) mass is 296 g/mol. The van der Waals surface area contributed by atoms with E-state index >= 15 is 0 Å². The second-order valence-corrected chi connectivity index (χ2v) is 5.19. The zero-order valence-electron chi connectivity index (χ0n) is 12.2. The molecule has 1 aliphatic rings. The second-order valence-electron chi connectivity index (χ2n) is 5.19. The predicted octanol–water partition coefficient (Wildman–Crippen LogP) is 1.43. The molecule has 21 heavy (non-hydrogen) atoms. The van der Waals surface area contributed by atoms with E-state index in [1.807, 2.05) is 0 Å². The van der Waals surface area contributed by atoms with E-state index in [4.69, 9.17) is 9.84 Å². The molecule has 6 heteroatoms. The molecule has 0 atom stereocenters. The lowest BCUT2D eigenvalue weighted by molar-refractivity contribution is -0.137. The number of nitrogens with zero attached hydrogens (tertiary/aromatic N) is 2. The summed E-state index contributed by atoms with van der Waals surface area (Å²) in [5.74, 6) is -0.795. The highest BCUT2D eigenvalue weighted by atomic mass is 19.1. The zero-order chi connectivity index (χ0) is 15.2. The van der Waals surface area contributed by atoms with E-state index in [2.05, 4.69) is 9.80 Å². The summed E-state index contributed by atoms with van der Waals surface area (Å²) in [7, 11) is 1.46. The number of aliphatic carboxylic acids is 1. The zero-order valence-corrected chi connectivity index (χ0v) is 12.2. The van der Waals surface area contributed by atoms with Crippen molar-refractivity contribution in [1.29, 1.82) is 0 Å². The molecule has 1 aliphatic heterocycles. The maximum absolute atomic E-state index is 14.1. The third kappa shape index (κ3) is 4.41. The van der Waals surface area contributed by atoms with E-state index < -0.39 is 5.97 Å². The summed E-state index contributed by atoms with van der Waals surface area (Å²) in [5, 5.41) is 8.68. The Morgan fingerprint density at radius 1 is 1.29 bits per heavy atom. The molecule has 0 aromatic heterocycles. The van der Waals surface area contributed by atoms with Gasteiger partial charge >= 0.3 is 5.97 Å². The Kier molecular flexibility index (Phi) is 5.52. The summed E-state index contributed by atoms with van der Waals surface area (Å²) < 4.78 is 19.1. The molecule has 1 N–H and O–H groups in total. The van der Waals surface area contributed by atoms with E-state index in [1.54, 1.807) is 18.2 Å². The maximum atomic E-state index is 14.1. The summed E-state index contributed by atoms with van der Waals surface area (Å²) >= 11 is 0. The average Bonchev–Trinajstić information content (AvgIpc) is 2.48. The van der Waals surface area contributed by atoms with Crippen LogP contribution in [0.4, 0.5) is 4.39 Å². The molecule has 2 rings (SSSR count). The number of carbonyl (C=O) groups is 1. The van der Waals surface area contributed by atoms with Crippen LogP contribution in [0.25, 0.3) is 0 Å². The quantitative estimate of drug-likeness (QED) is 0.860. The molecule has 0 aliphatic carbocycles. The van der Waals surface area contributed by atoms with Crippen LogP contribution in [0.1, 0.15) is 12.0 Å². The molecule has 0 unspecified atom stereocenters. The molecule has 0 amide bonds. The number of hydrogen-bond donors (Lipinski definition) is 1. The molecule has 116 valence electrons. The van der Waals surface area contributed by atoms with Crippen molar-refractivity contribution >= 4 is 5.97 Å². The van der Waals surface area contributed by atoms with Gasteiger partial charge in [0.05, 0.1) is 13.5 Å². The summed E-state index contributed by atoms with van der Waals surface area (Å²) in [6.45, 7) is 4.40. The van der Waals surface area contributed by atoms with Crippen LogP contribution in [-0.4, -0.2) is 60.7 Å². The molecule has 0 radical (unpaired) electrons. The minimum atomic E-state index is -0.768. The first-order valence-corrected chi connectivity index (χ1v) is 7.08. The molecular weight excluding hydrogens is 275 g/mol. The first-order chi connectivity index (χ1) is 10.1. The van der Waals surface area contributed by atoms with Crippen LogP contribution in [0.15, 0.2) is 18.2 Å². The fourth-order valence-electron chi connectivity index (χ4n) is 2.50. The molecule has 5 nitrogen and oxygen atoms in total. The van der Waals surface area contributed by atoms with Gasteiger partial charge < -0.3 is 14.7 Å². The van der Waals surface area contributed by atoms with Gasteiger partial charge in [0.25, 0.3) is 0 Å². The maximum Gasteiger partial charge on any atom is 0.304 e. The minimum absolute atomic E-state index is 0.171. The van der Waals surface area contributed by atoms with Gasteiger partial charge in [-0.15, -0.1) is 0 Å². The Hall–Kier alpha value is -1.66. The Morgan fingerprint density at radius 3 is 2.57 bits per heavy atom. The fourth-order valence-corrected chi connectivity index (χ4v) is 2.50. The van der Waals surface area contributed by atoms with Crippen LogP contribution in [-0.2, 0) is 11.3 Å². The highest BCUT2D eigenvalue weighted by molar-refractivity contribution is 5.66. The molecular formula is C15H21FN2O3. The van der Waals surface area contributed by atoms with Crippen molar-refractivity contribution in [1.82, 2.24) is 9.80 Å². The first-order valence-electron chi connectivity index (χ1n) is 7.08. The largest absolute Gasteiger partial charge is 0.494 e. The van der Waals surface area contributed by atoms with Crippen molar-refractivity contribution in [2.24, 2.45) is 0 Å². The van der Waals surface area contributed by atoms with E-state index in [0.717, 1.165) is 26.2 Å². The topological polar surface area (TPSA) is 53.0 Å². The molecule has 0 bridgehead atoms. The first kappa shape index (κ1) is 15.7. The number of methoxy groups -OCH3 is 1. The van der Waals surface area contributed by atoms with Crippen molar-refractivity contribution < 1.29 is 19.0 Å². The van der Waals surface area contributed by atoms with Gasteiger partial charge in [0.15, 0.2) is 11.6 Å². The number of benzene rings is 1. The summed E-state index contributed by atoms with van der Waals surface area (Å²) in [4.78, 5) is 14.9. The van der Waals surface area contributed by atoms with Crippen molar-refractivity contribution in [3.63, 3.8) is 0 Å².